The minimum atomic E-state index is -0.188. The van der Waals surface area contributed by atoms with E-state index in [1.807, 2.05) is 6.08 Å². The lowest BCUT2D eigenvalue weighted by Gasteiger charge is -2.07. The molecule has 0 fully saturated rings. The van der Waals surface area contributed by atoms with E-state index in [-0.39, 0.29) is 15.6 Å². The summed E-state index contributed by atoms with van der Waals surface area (Å²) in [6.45, 7) is 4.00. The zero-order chi connectivity index (χ0) is 13.1. The Morgan fingerprint density at radius 1 is 1.41 bits per heavy atom. The van der Waals surface area contributed by atoms with Crippen LogP contribution >= 0.6 is 24.4 Å². The molecule has 0 aliphatic rings. The van der Waals surface area contributed by atoms with Crippen LogP contribution in [0.3, 0.4) is 0 Å². The van der Waals surface area contributed by atoms with Crippen LogP contribution in [0.1, 0.15) is 39.5 Å². The highest BCUT2D eigenvalue weighted by Crippen LogP contribution is 2.15. The van der Waals surface area contributed by atoms with Gasteiger partial charge in [-0.25, -0.2) is 0 Å². The third-order valence-electron chi connectivity index (χ3n) is 2.01. The molecule has 1 unspecified atom stereocenters. The van der Waals surface area contributed by atoms with E-state index >= 15 is 0 Å². The molecule has 0 heterocycles. The number of thiol groups is 1. The van der Waals surface area contributed by atoms with E-state index in [2.05, 4.69) is 24.9 Å². The maximum Gasteiger partial charge on any atom is 0.216 e. The Balaban J connectivity index is 3.66. The molecular formula is C12H21NO2S2. The van der Waals surface area contributed by atoms with Gasteiger partial charge in [-0.1, -0.05) is 37.6 Å². The van der Waals surface area contributed by atoms with Crippen molar-refractivity contribution in [1.82, 2.24) is 5.32 Å². The van der Waals surface area contributed by atoms with Gasteiger partial charge in [-0.3, -0.25) is 9.59 Å². The molecule has 3 nitrogen and oxygen atoms in total. The summed E-state index contributed by atoms with van der Waals surface area (Å²) < 4.78 is -0.188. The number of rotatable bonds is 8. The molecular weight excluding hydrogens is 254 g/mol. The van der Waals surface area contributed by atoms with Crippen molar-refractivity contribution < 1.29 is 9.59 Å². The van der Waals surface area contributed by atoms with Gasteiger partial charge in [0.1, 0.15) is 0 Å². The Kier molecular flexibility index (Phi) is 10.5. The molecule has 17 heavy (non-hydrogen) atoms. The summed E-state index contributed by atoms with van der Waals surface area (Å²) in [5.41, 5.74) is 0. The van der Waals surface area contributed by atoms with E-state index in [9.17, 15) is 9.59 Å². The number of allylic oxidation sites excluding steroid dienone is 1. The quantitative estimate of drug-likeness (QED) is 0.310. The largest absolute Gasteiger partial charge is 0.354 e. The molecule has 1 N–H and O–H groups in total. The van der Waals surface area contributed by atoms with Crippen LogP contribution in [-0.2, 0) is 9.59 Å². The lowest BCUT2D eigenvalue weighted by Crippen LogP contribution is -2.26. The number of hydrogen-bond acceptors (Lipinski definition) is 4. The molecule has 0 rings (SSSR count). The first-order valence-corrected chi connectivity index (χ1v) is 7.25. The Morgan fingerprint density at radius 3 is 2.71 bits per heavy atom. The second-order valence-corrected chi connectivity index (χ2v) is 5.91. The van der Waals surface area contributed by atoms with E-state index in [0.29, 0.717) is 6.54 Å². The van der Waals surface area contributed by atoms with Gasteiger partial charge >= 0.3 is 0 Å². The number of amides is 1. The summed E-state index contributed by atoms with van der Waals surface area (Å²) in [6, 6.07) is 0. The minimum Gasteiger partial charge on any atom is -0.354 e. The van der Waals surface area contributed by atoms with Crippen LogP contribution in [0.5, 0.6) is 0 Å². The number of thioether (sulfide) groups is 1. The monoisotopic (exact) mass is 275 g/mol. The lowest BCUT2D eigenvalue weighted by molar-refractivity contribution is -0.118. The van der Waals surface area contributed by atoms with Crippen LogP contribution in [0.15, 0.2) is 12.2 Å². The molecule has 0 bridgehead atoms. The van der Waals surface area contributed by atoms with E-state index in [1.54, 1.807) is 6.08 Å². The van der Waals surface area contributed by atoms with Crippen LogP contribution < -0.4 is 5.32 Å². The number of carbonyl (C=O) groups excluding carboxylic acids is 2. The summed E-state index contributed by atoms with van der Waals surface area (Å²) in [4.78, 5) is 22.1. The van der Waals surface area contributed by atoms with Crippen molar-refractivity contribution in [2.45, 2.75) is 44.1 Å². The minimum absolute atomic E-state index is 0.00755. The second kappa shape index (κ2) is 10.7. The van der Waals surface area contributed by atoms with Gasteiger partial charge < -0.3 is 5.32 Å². The highest BCUT2D eigenvalue weighted by Gasteiger charge is 2.08. The summed E-state index contributed by atoms with van der Waals surface area (Å²) in [5.74, 6) is -0.104. The second-order valence-electron chi connectivity index (χ2n) is 3.73. The Bertz CT molecular complexity index is 267. The molecule has 5 heteroatoms. The van der Waals surface area contributed by atoms with Crippen LogP contribution in [0.2, 0.25) is 0 Å². The maximum atomic E-state index is 11.4. The zero-order valence-electron chi connectivity index (χ0n) is 10.4. The van der Waals surface area contributed by atoms with E-state index < -0.39 is 0 Å². The fraction of sp³-hybridized carbons (Fsp3) is 0.667. The maximum absolute atomic E-state index is 11.4. The molecule has 0 saturated heterocycles. The molecule has 0 spiro atoms. The lowest BCUT2D eigenvalue weighted by atomic mass is 10.2. The number of hydrogen-bond donors (Lipinski definition) is 2. The van der Waals surface area contributed by atoms with E-state index in [4.69, 9.17) is 0 Å². The summed E-state index contributed by atoms with van der Waals surface area (Å²) >= 11 is 5.35. The predicted molar refractivity (Wildman–Crippen MR) is 77.3 cm³/mol. The van der Waals surface area contributed by atoms with Crippen molar-refractivity contribution >= 4 is 35.4 Å². The van der Waals surface area contributed by atoms with Crippen LogP contribution in [0.4, 0.5) is 0 Å². The molecule has 0 aromatic carbocycles. The van der Waals surface area contributed by atoms with Gasteiger partial charge in [0.2, 0.25) is 11.0 Å². The van der Waals surface area contributed by atoms with Crippen molar-refractivity contribution in [3.05, 3.63) is 12.2 Å². The Morgan fingerprint density at radius 2 is 2.12 bits per heavy atom. The molecule has 0 aliphatic carbocycles. The summed E-state index contributed by atoms with van der Waals surface area (Å²) in [6.07, 6.45) is 7.96. The first-order chi connectivity index (χ1) is 8.06. The van der Waals surface area contributed by atoms with Crippen molar-refractivity contribution in [1.29, 1.82) is 0 Å². The molecule has 0 aromatic rings. The number of nitrogens with one attached hydrogen (secondary N) is 1. The van der Waals surface area contributed by atoms with Gasteiger partial charge in [-0.05, 0) is 18.9 Å². The zero-order valence-corrected chi connectivity index (χ0v) is 12.2. The molecule has 0 saturated carbocycles. The fourth-order valence-electron chi connectivity index (χ4n) is 1.14. The van der Waals surface area contributed by atoms with Gasteiger partial charge in [0.25, 0.3) is 0 Å². The van der Waals surface area contributed by atoms with E-state index in [1.165, 1.54) is 19.8 Å². The average molecular weight is 275 g/mol. The van der Waals surface area contributed by atoms with Crippen LogP contribution in [0.25, 0.3) is 0 Å². The fourth-order valence-corrected chi connectivity index (χ4v) is 2.15. The molecule has 0 radical (unpaired) electrons. The first-order valence-electron chi connectivity index (χ1n) is 5.86. The summed E-state index contributed by atoms with van der Waals surface area (Å²) in [7, 11) is 0. The Hall–Kier alpha value is -0.420. The van der Waals surface area contributed by atoms with Crippen molar-refractivity contribution in [3.63, 3.8) is 0 Å². The van der Waals surface area contributed by atoms with Gasteiger partial charge in [0.15, 0.2) is 0 Å². The molecule has 0 aliphatic heterocycles. The number of unbranched alkanes of at least 4 members (excludes halogenated alkanes) is 3. The van der Waals surface area contributed by atoms with Gasteiger partial charge in [-0.2, -0.15) is 12.6 Å². The SMILES string of the molecule is CCCCC/C=C/C(=O)SC(S)CNC(C)=O. The topological polar surface area (TPSA) is 46.2 Å². The van der Waals surface area contributed by atoms with E-state index in [0.717, 1.165) is 24.6 Å². The standard InChI is InChI=1S/C12H21NO2S2/c1-3-4-5-6-7-8-11(15)17-12(16)9-13-10(2)14/h7-8,12,16H,3-6,9H2,1-2H3,(H,13,14)/b8-7+. The Labute approximate surface area is 113 Å². The molecule has 98 valence electrons. The average Bonchev–Trinajstić information content (AvgIpc) is 2.26. The third-order valence-corrected chi connectivity index (χ3v) is 3.31. The summed E-state index contributed by atoms with van der Waals surface area (Å²) in [5, 5.41) is 2.61. The highest BCUT2D eigenvalue weighted by molar-refractivity contribution is 8.21. The van der Waals surface area contributed by atoms with Crippen molar-refractivity contribution in [3.8, 4) is 0 Å². The highest BCUT2D eigenvalue weighted by atomic mass is 32.2. The van der Waals surface area contributed by atoms with Crippen molar-refractivity contribution in [2.24, 2.45) is 0 Å². The van der Waals surface area contributed by atoms with Gasteiger partial charge in [0, 0.05) is 13.5 Å². The predicted octanol–water partition coefficient (Wildman–Crippen LogP) is 2.77. The molecule has 1 atom stereocenters. The van der Waals surface area contributed by atoms with Crippen LogP contribution in [-0.4, -0.2) is 22.1 Å². The van der Waals surface area contributed by atoms with Gasteiger partial charge in [-0.15, -0.1) is 0 Å². The third kappa shape index (κ3) is 11.8. The van der Waals surface area contributed by atoms with Crippen LogP contribution in [0, 0.1) is 0 Å². The number of carbonyl (C=O) groups is 2. The van der Waals surface area contributed by atoms with Gasteiger partial charge in [0.05, 0.1) is 4.58 Å². The molecule has 1 amide bonds. The first kappa shape index (κ1) is 16.6. The smallest absolute Gasteiger partial charge is 0.216 e. The molecule has 0 aromatic heterocycles. The normalized spacial score (nSPS) is 12.6. The van der Waals surface area contributed by atoms with Crippen molar-refractivity contribution in [2.75, 3.05) is 6.54 Å².